The Morgan fingerprint density at radius 1 is 1.06 bits per heavy atom. The molecule has 0 spiro atoms. The van der Waals surface area contributed by atoms with Gasteiger partial charge < -0.3 is 0 Å². The molecule has 0 heterocycles. The molecule has 11 heteroatoms. The predicted molar refractivity (Wildman–Crippen MR) is 50.0 cm³/mol. The monoisotopic (exact) mass is 284 g/mol. The summed E-state index contributed by atoms with van der Waals surface area (Å²) in [5, 5.41) is 0. The summed E-state index contributed by atoms with van der Waals surface area (Å²) in [4.78, 5) is 0. The number of rotatable bonds is 5. The lowest BCUT2D eigenvalue weighted by Gasteiger charge is -2.19. The fraction of sp³-hybridized carbons (Fsp3) is 1.00. The Hall–Kier alpha value is -0.390. The molecular formula is C5H11F3N2O4S2. The number of hydrogen-bond donors (Lipinski definition) is 1. The van der Waals surface area contributed by atoms with E-state index in [0.29, 0.717) is 8.43 Å². The van der Waals surface area contributed by atoms with E-state index in [2.05, 4.69) is 0 Å². The van der Waals surface area contributed by atoms with E-state index in [1.165, 1.54) is 13.8 Å². The van der Waals surface area contributed by atoms with Crippen LogP contribution in [0, 0.1) is 0 Å². The normalized spacial score (nSPS) is 14.4. The van der Waals surface area contributed by atoms with E-state index in [0.717, 1.165) is 0 Å². The number of hydrogen-bond acceptors (Lipinski definition) is 4. The molecule has 0 unspecified atom stereocenters. The summed E-state index contributed by atoms with van der Waals surface area (Å²) in [5.41, 5.74) is -5.66. The molecule has 0 fully saturated rings. The Balaban J connectivity index is 5.16. The lowest BCUT2D eigenvalue weighted by molar-refractivity contribution is -0.0441. The first kappa shape index (κ1) is 15.6. The summed E-state index contributed by atoms with van der Waals surface area (Å²) in [7, 11) is -10.6. The van der Waals surface area contributed by atoms with Gasteiger partial charge in [-0.3, -0.25) is 0 Å². The van der Waals surface area contributed by atoms with Crippen LogP contribution in [0.25, 0.3) is 0 Å². The molecule has 1 N–H and O–H groups in total. The molecule has 0 saturated heterocycles. The van der Waals surface area contributed by atoms with Crippen LogP contribution in [0.4, 0.5) is 13.2 Å². The maximum atomic E-state index is 11.9. The van der Waals surface area contributed by atoms with Crippen molar-refractivity contribution in [2.75, 3.05) is 13.1 Å². The predicted octanol–water partition coefficient (Wildman–Crippen LogP) is 0.0122. The first-order valence-electron chi connectivity index (χ1n) is 4.08. The Morgan fingerprint density at radius 2 is 1.44 bits per heavy atom. The molecule has 0 atom stereocenters. The highest BCUT2D eigenvalue weighted by Crippen LogP contribution is 2.22. The molecule has 0 aromatic carbocycles. The first-order chi connectivity index (χ1) is 6.98. The first-order valence-corrected chi connectivity index (χ1v) is 7.00. The molecule has 0 aromatic rings. The zero-order chi connectivity index (χ0) is 13.2. The summed E-state index contributed by atoms with van der Waals surface area (Å²) in [6.45, 7) is 2.45. The highest BCUT2D eigenvalue weighted by molar-refractivity contribution is 8.04. The van der Waals surface area contributed by atoms with Gasteiger partial charge in [0.15, 0.2) is 0 Å². The van der Waals surface area contributed by atoms with E-state index < -0.39 is 25.7 Å². The molecule has 0 aliphatic rings. The van der Waals surface area contributed by atoms with Crippen molar-refractivity contribution in [2.45, 2.75) is 19.4 Å². The minimum Gasteiger partial charge on any atom is -0.202 e. The van der Waals surface area contributed by atoms with Crippen LogP contribution in [0.5, 0.6) is 0 Å². The number of nitrogens with zero attached hydrogens (tertiary/aromatic N) is 1. The van der Waals surface area contributed by atoms with Crippen LogP contribution in [0.2, 0.25) is 0 Å². The van der Waals surface area contributed by atoms with Gasteiger partial charge in [0.05, 0.1) is 0 Å². The van der Waals surface area contributed by atoms with Crippen LogP contribution in [0.1, 0.15) is 13.8 Å². The van der Waals surface area contributed by atoms with E-state index in [9.17, 15) is 30.0 Å². The topological polar surface area (TPSA) is 83.6 Å². The lowest BCUT2D eigenvalue weighted by atomic mass is 10.7. The molecule has 0 radical (unpaired) electrons. The van der Waals surface area contributed by atoms with Gasteiger partial charge in [0.25, 0.3) is 10.2 Å². The van der Waals surface area contributed by atoms with E-state index >= 15 is 0 Å². The van der Waals surface area contributed by atoms with E-state index in [4.69, 9.17) is 0 Å². The fourth-order valence-corrected chi connectivity index (χ4v) is 3.39. The second-order valence-electron chi connectivity index (χ2n) is 2.62. The maximum Gasteiger partial charge on any atom is 0.512 e. The van der Waals surface area contributed by atoms with E-state index in [1.54, 1.807) is 0 Å². The van der Waals surface area contributed by atoms with Crippen molar-refractivity contribution < 1.29 is 30.0 Å². The summed E-state index contributed by atoms with van der Waals surface area (Å²) < 4.78 is 80.4. The number of alkyl halides is 3. The van der Waals surface area contributed by atoms with Gasteiger partial charge in [-0.15, -0.1) is 0 Å². The molecule has 0 rings (SSSR count). The molecule has 0 amide bonds. The van der Waals surface area contributed by atoms with Crippen LogP contribution in [-0.4, -0.2) is 39.7 Å². The third kappa shape index (κ3) is 3.57. The standard InChI is InChI=1S/C5H11F3N2O4S2/c1-3-10(4-2)16(13,14)9-15(11,12)5(6,7)8/h9H,3-4H2,1-2H3. The minimum absolute atomic E-state index is 0.140. The average Bonchev–Trinajstić information content (AvgIpc) is 2.00. The minimum atomic E-state index is -5.90. The smallest absolute Gasteiger partial charge is 0.202 e. The molecule has 0 aliphatic carbocycles. The quantitative estimate of drug-likeness (QED) is 0.771. The largest absolute Gasteiger partial charge is 0.512 e. The van der Waals surface area contributed by atoms with Gasteiger partial charge in [-0.1, -0.05) is 18.0 Å². The van der Waals surface area contributed by atoms with E-state index in [1.807, 2.05) is 0 Å². The van der Waals surface area contributed by atoms with Gasteiger partial charge in [-0.05, 0) is 0 Å². The van der Waals surface area contributed by atoms with Crippen molar-refractivity contribution >= 4 is 20.2 Å². The van der Waals surface area contributed by atoms with Crippen molar-refractivity contribution in [3.63, 3.8) is 0 Å². The molecular weight excluding hydrogens is 273 g/mol. The van der Waals surface area contributed by atoms with Crippen molar-refractivity contribution in [1.29, 1.82) is 0 Å². The number of nitrogens with one attached hydrogen (secondary N) is 1. The number of halogens is 3. The summed E-state index contributed by atoms with van der Waals surface area (Å²) in [5.74, 6) is 0. The van der Waals surface area contributed by atoms with Crippen molar-refractivity contribution in [1.82, 2.24) is 8.43 Å². The number of sulfonamides is 1. The third-order valence-corrected chi connectivity index (χ3v) is 5.09. The van der Waals surface area contributed by atoms with Gasteiger partial charge in [0.1, 0.15) is 0 Å². The lowest BCUT2D eigenvalue weighted by Crippen LogP contribution is -2.47. The highest BCUT2D eigenvalue weighted by Gasteiger charge is 2.48. The van der Waals surface area contributed by atoms with Gasteiger partial charge in [-0.25, -0.2) is 8.42 Å². The molecule has 0 aromatic heterocycles. The van der Waals surface area contributed by atoms with Gasteiger partial charge in [0, 0.05) is 13.1 Å². The average molecular weight is 284 g/mol. The van der Waals surface area contributed by atoms with Crippen molar-refractivity contribution in [3.8, 4) is 0 Å². The Kier molecular flexibility index (Phi) is 4.74. The Labute approximate surface area is 91.7 Å². The highest BCUT2D eigenvalue weighted by atomic mass is 32.3. The van der Waals surface area contributed by atoms with Crippen LogP contribution >= 0.6 is 0 Å². The molecule has 0 bridgehead atoms. The zero-order valence-electron chi connectivity index (χ0n) is 8.44. The molecule has 6 nitrogen and oxygen atoms in total. The van der Waals surface area contributed by atoms with Crippen LogP contribution in [0.3, 0.4) is 0 Å². The summed E-state index contributed by atoms with van der Waals surface area (Å²) in [6.07, 6.45) is 0. The van der Waals surface area contributed by atoms with Crippen LogP contribution in [-0.2, 0) is 20.2 Å². The Bertz CT molecular complexity index is 423. The van der Waals surface area contributed by atoms with Crippen molar-refractivity contribution in [3.05, 3.63) is 0 Å². The Morgan fingerprint density at radius 3 is 1.69 bits per heavy atom. The SMILES string of the molecule is CCN(CC)S(=O)(=O)NS(=O)(=O)C(F)(F)F. The second-order valence-corrected chi connectivity index (χ2v) is 6.22. The second kappa shape index (κ2) is 4.85. The molecule has 0 saturated carbocycles. The maximum absolute atomic E-state index is 11.9. The van der Waals surface area contributed by atoms with E-state index in [-0.39, 0.29) is 13.1 Å². The van der Waals surface area contributed by atoms with Crippen LogP contribution < -0.4 is 4.13 Å². The summed E-state index contributed by atoms with van der Waals surface area (Å²) >= 11 is 0. The fourth-order valence-electron chi connectivity index (χ4n) is 0.802. The molecule has 0 aliphatic heterocycles. The van der Waals surface area contributed by atoms with Crippen LogP contribution in [0.15, 0.2) is 0 Å². The van der Waals surface area contributed by atoms with Gasteiger partial charge in [0.2, 0.25) is 0 Å². The van der Waals surface area contributed by atoms with Crippen molar-refractivity contribution in [2.24, 2.45) is 0 Å². The molecule has 16 heavy (non-hydrogen) atoms. The van der Waals surface area contributed by atoms with Gasteiger partial charge >= 0.3 is 15.5 Å². The van der Waals surface area contributed by atoms with Gasteiger partial charge in [-0.2, -0.15) is 25.9 Å². The summed E-state index contributed by atoms with van der Waals surface area (Å²) in [6, 6.07) is 0. The third-order valence-electron chi connectivity index (χ3n) is 1.57. The molecule has 98 valence electrons. The zero-order valence-corrected chi connectivity index (χ0v) is 10.1.